The highest BCUT2D eigenvalue weighted by Crippen LogP contribution is 2.68. The zero-order valence-corrected chi connectivity index (χ0v) is 15.6. The summed E-state index contributed by atoms with van der Waals surface area (Å²) in [5.41, 5.74) is 2.69. The van der Waals surface area contributed by atoms with Gasteiger partial charge < -0.3 is 24.8 Å². The highest BCUT2D eigenvalue weighted by Gasteiger charge is 2.71. The number of aliphatic hydroxyl groups is 3. The van der Waals surface area contributed by atoms with Crippen LogP contribution in [-0.2, 0) is 6.54 Å². The minimum absolute atomic E-state index is 0.0286. The number of fused-ring (bicyclic) bond motifs is 1. The largest absolute Gasteiger partial charge is 0.396 e. The summed E-state index contributed by atoms with van der Waals surface area (Å²) in [6.45, 7) is 1.68. The molecule has 28 heavy (non-hydrogen) atoms. The number of benzene rings is 2. The third kappa shape index (κ3) is 2.42. The van der Waals surface area contributed by atoms with Crippen molar-refractivity contribution in [2.75, 3.05) is 31.2 Å². The van der Waals surface area contributed by atoms with Crippen LogP contribution in [0.15, 0.2) is 54.6 Å². The molecule has 2 aliphatic rings. The van der Waals surface area contributed by atoms with Crippen molar-refractivity contribution in [1.82, 2.24) is 9.55 Å². The van der Waals surface area contributed by atoms with Gasteiger partial charge in [-0.1, -0.05) is 42.5 Å². The first-order chi connectivity index (χ1) is 13.7. The molecule has 6 nitrogen and oxygen atoms in total. The molecule has 146 valence electrons. The van der Waals surface area contributed by atoms with Crippen molar-refractivity contribution in [3.05, 3.63) is 60.2 Å². The summed E-state index contributed by atoms with van der Waals surface area (Å²) in [6.07, 6.45) is -0.530. The minimum Gasteiger partial charge on any atom is -0.396 e. The van der Waals surface area contributed by atoms with Crippen molar-refractivity contribution >= 4 is 17.0 Å². The second kappa shape index (κ2) is 6.58. The van der Waals surface area contributed by atoms with Crippen LogP contribution < -0.4 is 4.90 Å². The molecule has 2 heterocycles. The van der Waals surface area contributed by atoms with Gasteiger partial charge in [0.05, 0.1) is 23.7 Å². The molecule has 1 aromatic heterocycles. The van der Waals surface area contributed by atoms with Crippen molar-refractivity contribution in [3.63, 3.8) is 0 Å². The number of nitrogens with zero attached hydrogens (tertiary/aromatic N) is 3. The van der Waals surface area contributed by atoms with Crippen molar-refractivity contribution < 1.29 is 15.3 Å². The van der Waals surface area contributed by atoms with Crippen LogP contribution in [-0.4, -0.2) is 57.3 Å². The number of aliphatic hydroxyl groups excluding tert-OH is 3. The fourth-order valence-corrected chi connectivity index (χ4v) is 5.35. The number of β-amino-alcohol motifs (C(OH)–C–C–N with tert-alkyl or cyclic N) is 1. The number of para-hydroxylation sites is 2. The average molecular weight is 379 g/mol. The van der Waals surface area contributed by atoms with E-state index in [0.29, 0.717) is 19.6 Å². The molecule has 0 amide bonds. The van der Waals surface area contributed by atoms with Crippen molar-refractivity contribution in [2.45, 2.75) is 18.6 Å². The predicted octanol–water partition coefficient (Wildman–Crippen LogP) is 1.60. The number of hydrogen-bond donors (Lipinski definition) is 3. The van der Waals surface area contributed by atoms with E-state index in [1.165, 1.54) is 5.56 Å². The van der Waals surface area contributed by atoms with Gasteiger partial charge in [-0.15, -0.1) is 0 Å². The molecule has 0 unspecified atom stereocenters. The van der Waals surface area contributed by atoms with Crippen molar-refractivity contribution in [3.8, 4) is 0 Å². The molecule has 0 bridgehead atoms. The Bertz CT molecular complexity index is 989. The Hall–Kier alpha value is -2.41. The normalized spacial score (nSPS) is 29.1. The number of imidazole rings is 1. The summed E-state index contributed by atoms with van der Waals surface area (Å²) in [5.74, 6) is 0.974. The zero-order valence-electron chi connectivity index (χ0n) is 15.6. The summed E-state index contributed by atoms with van der Waals surface area (Å²) in [5, 5.41) is 30.6. The second-order valence-corrected chi connectivity index (χ2v) is 7.96. The van der Waals surface area contributed by atoms with E-state index in [1.807, 2.05) is 47.0 Å². The maximum atomic E-state index is 11.0. The zero-order chi connectivity index (χ0) is 19.3. The Kier molecular flexibility index (Phi) is 4.16. The second-order valence-electron chi connectivity index (χ2n) is 7.96. The molecule has 5 rings (SSSR count). The third-order valence-corrected chi connectivity index (χ3v) is 6.64. The minimum atomic E-state index is -0.530. The van der Waals surface area contributed by atoms with Gasteiger partial charge in [-0.05, 0) is 29.5 Å². The maximum Gasteiger partial charge on any atom is 0.206 e. The molecule has 1 aliphatic heterocycles. The lowest BCUT2D eigenvalue weighted by Gasteiger charge is -2.19. The van der Waals surface area contributed by atoms with E-state index in [1.54, 1.807) is 0 Å². The molecule has 3 aromatic rings. The lowest BCUT2D eigenvalue weighted by Crippen LogP contribution is -2.25. The van der Waals surface area contributed by atoms with Crippen LogP contribution in [0, 0.1) is 11.3 Å². The van der Waals surface area contributed by atoms with Gasteiger partial charge >= 0.3 is 0 Å². The SMILES string of the molecule is OCCn1c(N2C[C@@H](O)[C@@]3(C2)[C@H](CO)[C@H]3c2ccccc2)nc2ccccc21. The molecular formula is C22H25N3O3. The van der Waals surface area contributed by atoms with E-state index >= 15 is 0 Å². The molecule has 1 aliphatic carbocycles. The predicted molar refractivity (Wildman–Crippen MR) is 107 cm³/mol. The number of anilines is 1. The smallest absolute Gasteiger partial charge is 0.206 e. The highest BCUT2D eigenvalue weighted by molar-refractivity contribution is 5.79. The Morgan fingerprint density at radius 1 is 1.04 bits per heavy atom. The van der Waals surface area contributed by atoms with Gasteiger partial charge in [0.25, 0.3) is 0 Å². The molecule has 6 heteroatoms. The average Bonchev–Trinajstić information content (AvgIpc) is 3.05. The Balaban J connectivity index is 1.52. The van der Waals surface area contributed by atoms with Gasteiger partial charge in [-0.3, -0.25) is 0 Å². The van der Waals surface area contributed by atoms with E-state index in [-0.39, 0.29) is 30.5 Å². The molecular weight excluding hydrogens is 354 g/mol. The monoisotopic (exact) mass is 379 g/mol. The van der Waals surface area contributed by atoms with Crippen LogP contribution in [0.4, 0.5) is 5.95 Å². The molecule has 1 saturated carbocycles. The van der Waals surface area contributed by atoms with Crippen molar-refractivity contribution in [1.29, 1.82) is 0 Å². The van der Waals surface area contributed by atoms with Crippen molar-refractivity contribution in [2.24, 2.45) is 11.3 Å². The Labute approximate surface area is 163 Å². The molecule has 3 N–H and O–H groups in total. The molecule has 2 fully saturated rings. The third-order valence-electron chi connectivity index (χ3n) is 6.64. The van der Waals surface area contributed by atoms with Gasteiger partial charge in [0, 0.05) is 31.7 Å². The summed E-state index contributed by atoms with van der Waals surface area (Å²) >= 11 is 0. The van der Waals surface area contributed by atoms with Crippen LogP contribution in [0.25, 0.3) is 11.0 Å². The van der Waals surface area contributed by atoms with Crippen LogP contribution >= 0.6 is 0 Å². The summed E-state index contributed by atoms with van der Waals surface area (Å²) in [7, 11) is 0. The first kappa shape index (κ1) is 17.7. The maximum absolute atomic E-state index is 11.0. The lowest BCUT2D eigenvalue weighted by atomic mass is 9.95. The first-order valence-corrected chi connectivity index (χ1v) is 9.85. The Morgan fingerprint density at radius 2 is 1.79 bits per heavy atom. The summed E-state index contributed by atoms with van der Waals surface area (Å²) in [4.78, 5) is 6.91. The van der Waals surface area contributed by atoms with Gasteiger partial charge in [0.1, 0.15) is 0 Å². The molecule has 4 atom stereocenters. The molecule has 1 saturated heterocycles. The van der Waals surface area contributed by atoms with Crippen LogP contribution in [0.5, 0.6) is 0 Å². The molecule has 2 aromatic carbocycles. The van der Waals surface area contributed by atoms with Gasteiger partial charge in [0.15, 0.2) is 0 Å². The van der Waals surface area contributed by atoms with E-state index < -0.39 is 6.10 Å². The standard InChI is InChI=1S/C22H25N3O3/c26-11-10-25-18-9-5-4-8-17(18)23-21(25)24-12-19(28)22(14-24)16(13-27)20(22)15-6-2-1-3-7-15/h1-9,16,19-20,26-28H,10-14H2/t16-,19-,20-,22-/m1/s1. The fourth-order valence-electron chi connectivity index (χ4n) is 5.35. The van der Waals surface area contributed by atoms with E-state index in [2.05, 4.69) is 17.0 Å². The van der Waals surface area contributed by atoms with Crippen LogP contribution in [0.3, 0.4) is 0 Å². The first-order valence-electron chi connectivity index (χ1n) is 9.85. The molecule has 0 radical (unpaired) electrons. The van der Waals surface area contributed by atoms with E-state index in [9.17, 15) is 15.3 Å². The summed E-state index contributed by atoms with van der Waals surface area (Å²) < 4.78 is 2.02. The van der Waals surface area contributed by atoms with Gasteiger partial charge in [-0.2, -0.15) is 0 Å². The van der Waals surface area contributed by atoms with Gasteiger partial charge in [0.2, 0.25) is 5.95 Å². The van der Waals surface area contributed by atoms with E-state index in [4.69, 9.17) is 4.98 Å². The number of rotatable bonds is 5. The summed E-state index contributed by atoms with van der Waals surface area (Å²) in [6, 6.07) is 18.1. The number of aromatic nitrogens is 2. The Morgan fingerprint density at radius 3 is 2.54 bits per heavy atom. The fraction of sp³-hybridized carbons (Fsp3) is 0.409. The van der Waals surface area contributed by atoms with E-state index in [0.717, 1.165) is 17.0 Å². The molecule has 1 spiro atoms. The van der Waals surface area contributed by atoms with Crippen LogP contribution in [0.2, 0.25) is 0 Å². The van der Waals surface area contributed by atoms with Crippen LogP contribution in [0.1, 0.15) is 11.5 Å². The highest BCUT2D eigenvalue weighted by atomic mass is 16.3. The van der Waals surface area contributed by atoms with Gasteiger partial charge in [-0.25, -0.2) is 4.98 Å². The lowest BCUT2D eigenvalue weighted by molar-refractivity contribution is 0.113. The number of hydrogen-bond acceptors (Lipinski definition) is 5. The quantitative estimate of drug-likeness (QED) is 0.627. The topological polar surface area (TPSA) is 81.8 Å².